The van der Waals surface area contributed by atoms with Gasteiger partial charge in [-0.3, -0.25) is 14.4 Å². The number of ether oxygens (including phenoxy) is 1. The van der Waals surface area contributed by atoms with Gasteiger partial charge in [-0.2, -0.15) is 0 Å². The number of amides is 2. The van der Waals surface area contributed by atoms with E-state index in [1.807, 2.05) is 6.92 Å². The fourth-order valence-electron chi connectivity index (χ4n) is 2.99. The molecule has 1 saturated heterocycles. The summed E-state index contributed by atoms with van der Waals surface area (Å²) in [5.41, 5.74) is 0.299. The van der Waals surface area contributed by atoms with Gasteiger partial charge in [-0.1, -0.05) is 18.5 Å². The highest BCUT2D eigenvalue weighted by atomic mass is 35.5. The van der Waals surface area contributed by atoms with E-state index in [-0.39, 0.29) is 24.9 Å². The lowest BCUT2D eigenvalue weighted by Gasteiger charge is -2.32. The molecule has 0 aromatic heterocycles. The number of benzene rings is 1. The Kier molecular flexibility index (Phi) is 7.47. The molecule has 0 radical (unpaired) electrons. The zero-order valence-corrected chi connectivity index (χ0v) is 16.4. The zero-order valence-electron chi connectivity index (χ0n) is 15.6. The minimum absolute atomic E-state index is 0.134. The Morgan fingerprint density at radius 2 is 2.11 bits per heavy atom. The van der Waals surface area contributed by atoms with Crippen molar-refractivity contribution in [1.29, 1.82) is 0 Å². The van der Waals surface area contributed by atoms with Crippen LogP contribution in [0.25, 0.3) is 0 Å². The molecule has 0 spiro atoms. The number of carbonyl (C=O) groups is 3. The molecule has 0 bridgehead atoms. The maximum Gasteiger partial charge on any atom is 0.308 e. The Hall–Kier alpha value is -2.28. The van der Waals surface area contributed by atoms with Gasteiger partial charge in [0, 0.05) is 25.2 Å². The fourth-order valence-corrected chi connectivity index (χ4v) is 3.16. The number of nitrogens with zero attached hydrogens (tertiary/aromatic N) is 2. The van der Waals surface area contributed by atoms with Crippen molar-refractivity contribution in [1.82, 2.24) is 9.80 Å². The number of carbonyl (C=O) groups excluding carboxylic acids is 2. The molecule has 1 fully saturated rings. The average molecular weight is 397 g/mol. The van der Waals surface area contributed by atoms with Crippen molar-refractivity contribution in [3.05, 3.63) is 28.8 Å². The molecule has 27 heavy (non-hydrogen) atoms. The fraction of sp³-hybridized carbons (Fsp3) is 0.526. The Labute approximate surface area is 163 Å². The molecular weight excluding hydrogens is 372 g/mol. The number of rotatable bonds is 7. The molecule has 0 aliphatic carbocycles. The SMILES string of the molecule is CCCOc1ccc(Cl)cc1C(=O)N(C)CC(=O)N1CCCC(C(=O)O)C1. The van der Waals surface area contributed by atoms with Crippen LogP contribution < -0.4 is 4.74 Å². The second-order valence-electron chi connectivity index (χ2n) is 6.67. The smallest absolute Gasteiger partial charge is 0.308 e. The number of carboxylic acids is 1. The van der Waals surface area contributed by atoms with E-state index in [0.717, 1.165) is 6.42 Å². The Bertz CT molecular complexity index is 709. The van der Waals surface area contributed by atoms with E-state index < -0.39 is 11.9 Å². The van der Waals surface area contributed by atoms with Crippen LogP contribution in [0.1, 0.15) is 36.5 Å². The Morgan fingerprint density at radius 1 is 1.37 bits per heavy atom. The molecule has 1 aliphatic rings. The average Bonchev–Trinajstić information content (AvgIpc) is 2.66. The standard InChI is InChI=1S/C19H25ClN2O5/c1-3-9-27-16-7-6-14(20)10-15(16)18(24)21(2)12-17(23)22-8-4-5-13(11-22)19(25)26/h6-7,10,13H,3-5,8-9,11-12H2,1-2H3,(H,25,26). The van der Waals surface area contributed by atoms with Crippen LogP contribution in [0.2, 0.25) is 5.02 Å². The molecule has 1 atom stereocenters. The molecule has 2 amide bonds. The lowest BCUT2D eigenvalue weighted by Crippen LogP contribution is -2.46. The Morgan fingerprint density at radius 3 is 2.78 bits per heavy atom. The first-order chi connectivity index (χ1) is 12.8. The summed E-state index contributed by atoms with van der Waals surface area (Å²) in [5, 5.41) is 9.56. The van der Waals surface area contributed by atoms with Crippen LogP contribution >= 0.6 is 11.6 Å². The van der Waals surface area contributed by atoms with Crippen molar-refractivity contribution in [2.75, 3.05) is 33.3 Å². The van der Waals surface area contributed by atoms with Gasteiger partial charge >= 0.3 is 5.97 Å². The number of likely N-dealkylation sites (N-methyl/N-ethyl adjacent to an activating group) is 1. The van der Waals surface area contributed by atoms with E-state index >= 15 is 0 Å². The van der Waals surface area contributed by atoms with Crippen molar-refractivity contribution >= 4 is 29.4 Å². The highest BCUT2D eigenvalue weighted by Gasteiger charge is 2.29. The summed E-state index contributed by atoms with van der Waals surface area (Å²) in [6.07, 6.45) is 2.00. The van der Waals surface area contributed by atoms with Crippen molar-refractivity contribution in [3.63, 3.8) is 0 Å². The third-order valence-corrected chi connectivity index (χ3v) is 4.71. The molecule has 1 aliphatic heterocycles. The van der Waals surface area contributed by atoms with Crippen LogP contribution in [0.15, 0.2) is 18.2 Å². The molecule has 1 heterocycles. The number of aliphatic carboxylic acids is 1. The molecule has 1 aromatic rings. The van der Waals surface area contributed by atoms with Crippen molar-refractivity contribution in [3.8, 4) is 5.75 Å². The third-order valence-electron chi connectivity index (χ3n) is 4.48. The number of hydrogen-bond acceptors (Lipinski definition) is 4. The van der Waals surface area contributed by atoms with Gasteiger partial charge in [0.2, 0.25) is 5.91 Å². The monoisotopic (exact) mass is 396 g/mol. The summed E-state index contributed by atoms with van der Waals surface area (Å²) in [6, 6.07) is 4.81. The second kappa shape index (κ2) is 9.60. The second-order valence-corrected chi connectivity index (χ2v) is 7.10. The summed E-state index contributed by atoms with van der Waals surface area (Å²) < 4.78 is 5.61. The van der Waals surface area contributed by atoms with Crippen LogP contribution in [0.5, 0.6) is 5.75 Å². The highest BCUT2D eigenvalue weighted by Crippen LogP contribution is 2.25. The van der Waals surface area contributed by atoms with Gasteiger partial charge in [-0.05, 0) is 37.5 Å². The third kappa shape index (κ3) is 5.60. The van der Waals surface area contributed by atoms with Gasteiger partial charge in [0.25, 0.3) is 5.91 Å². The Balaban J connectivity index is 2.06. The maximum atomic E-state index is 12.8. The van der Waals surface area contributed by atoms with Gasteiger partial charge in [-0.15, -0.1) is 0 Å². The van der Waals surface area contributed by atoms with E-state index in [1.54, 1.807) is 12.1 Å². The van der Waals surface area contributed by atoms with Crippen molar-refractivity contribution in [2.45, 2.75) is 26.2 Å². The topological polar surface area (TPSA) is 87.2 Å². The quantitative estimate of drug-likeness (QED) is 0.765. The van der Waals surface area contributed by atoms with E-state index in [1.165, 1.54) is 22.9 Å². The largest absolute Gasteiger partial charge is 0.493 e. The molecule has 2 rings (SSSR count). The van der Waals surface area contributed by atoms with Crippen LogP contribution in [0.3, 0.4) is 0 Å². The number of halogens is 1. The van der Waals surface area contributed by atoms with Crippen LogP contribution in [0.4, 0.5) is 0 Å². The van der Waals surface area contributed by atoms with Crippen LogP contribution in [-0.2, 0) is 9.59 Å². The zero-order chi connectivity index (χ0) is 20.0. The molecular formula is C19H25ClN2O5. The highest BCUT2D eigenvalue weighted by molar-refractivity contribution is 6.31. The number of carboxylic acid groups (broad SMARTS) is 1. The summed E-state index contributed by atoms with van der Waals surface area (Å²) >= 11 is 6.02. The molecule has 8 heteroatoms. The minimum atomic E-state index is -0.895. The van der Waals surface area contributed by atoms with Gasteiger partial charge in [0.1, 0.15) is 5.75 Å². The lowest BCUT2D eigenvalue weighted by atomic mass is 9.98. The first-order valence-corrected chi connectivity index (χ1v) is 9.39. The number of piperidine rings is 1. The van der Waals surface area contributed by atoms with E-state index in [2.05, 4.69) is 0 Å². The van der Waals surface area contributed by atoms with Crippen molar-refractivity contribution in [2.24, 2.45) is 5.92 Å². The van der Waals surface area contributed by atoms with E-state index in [0.29, 0.717) is 42.3 Å². The summed E-state index contributed by atoms with van der Waals surface area (Å²) in [5.74, 6) is -1.66. The van der Waals surface area contributed by atoms with E-state index in [9.17, 15) is 14.4 Å². The molecule has 1 unspecified atom stereocenters. The van der Waals surface area contributed by atoms with Crippen LogP contribution in [0, 0.1) is 5.92 Å². The van der Waals surface area contributed by atoms with Gasteiger partial charge in [-0.25, -0.2) is 0 Å². The normalized spacial score (nSPS) is 16.7. The first kappa shape index (κ1) is 21.0. The predicted octanol–water partition coefficient (Wildman–Crippen LogP) is 2.52. The lowest BCUT2D eigenvalue weighted by molar-refractivity contribution is -0.145. The summed E-state index contributed by atoms with van der Waals surface area (Å²) in [6.45, 7) is 2.98. The summed E-state index contributed by atoms with van der Waals surface area (Å²) in [4.78, 5) is 39.3. The number of likely N-dealkylation sites (tertiary alicyclic amines) is 1. The molecule has 148 valence electrons. The molecule has 7 nitrogen and oxygen atoms in total. The summed E-state index contributed by atoms with van der Waals surface area (Å²) in [7, 11) is 1.53. The maximum absolute atomic E-state index is 12.8. The number of hydrogen-bond donors (Lipinski definition) is 1. The molecule has 0 saturated carbocycles. The van der Waals surface area contributed by atoms with Crippen LogP contribution in [-0.4, -0.2) is 66.0 Å². The predicted molar refractivity (Wildman–Crippen MR) is 101 cm³/mol. The molecule has 1 aromatic carbocycles. The van der Waals surface area contributed by atoms with Gasteiger partial charge in [0.15, 0.2) is 0 Å². The van der Waals surface area contributed by atoms with Crippen molar-refractivity contribution < 1.29 is 24.2 Å². The van der Waals surface area contributed by atoms with Gasteiger partial charge < -0.3 is 19.6 Å². The molecule has 1 N–H and O–H groups in total. The first-order valence-electron chi connectivity index (χ1n) is 9.01. The van der Waals surface area contributed by atoms with E-state index in [4.69, 9.17) is 21.4 Å². The minimum Gasteiger partial charge on any atom is -0.493 e. The van der Waals surface area contributed by atoms with Gasteiger partial charge in [0.05, 0.1) is 24.6 Å².